The maximum absolute atomic E-state index is 12.7. The van der Waals surface area contributed by atoms with Crippen molar-refractivity contribution in [2.24, 2.45) is 0 Å². The molecule has 3 aromatic rings. The number of aromatic nitrogens is 1. The second-order valence-corrected chi connectivity index (χ2v) is 8.87. The van der Waals surface area contributed by atoms with Gasteiger partial charge in [-0.2, -0.15) is 4.72 Å². The van der Waals surface area contributed by atoms with Crippen LogP contribution >= 0.6 is 11.3 Å². The maximum Gasteiger partial charge on any atom is 0.321 e. The number of para-hydroxylation sites is 1. The molecule has 1 atom stereocenters. The zero-order chi connectivity index (χ0) is 19.6. The Kier molecular flexibility index (Phi) is 5.45. The highest BCUT2D eigenvalue weighted by molar-refractivity contribution is 7.91. The van der Waals surface area contributed by atoms with E-state index >= 15 is 0 Å². The number of aromatic amines is 1. The Hall–Kier alpha value is -2.49. The molecule has 0 saturated heterocycles. The van der Waals surface area contributed by atoms with E-state index in [0.29, 0.717) is 11.3 Å². The number of hydrogen-bond donors (Lipinski definition) is 2. The number of benzene rings is 1. The van der Waals surface area contributed by atoms with Gasteiger partial charge in [-0.15, -0.1) is 11.3 Å². The monoisotopic (exact) mass is 406 g/mol. The van der Waals surface area contributed by atoms with E-state index in [9.17, 15) is 18.0 Å². The Morgan fingerprint density at radius 3 is 2.67 bits per heavy atom. The zero-order valence-corrected chi connectivity index (χ0v) is 16.3. The fraction of sp³-hybridized carbons (Fsp3) is 0.222. The highest BCUT2D eigenvalue weighted by Gasteiger charge is 2.25. The topological polar surface area (TPSA) is 105 Å². The molecule has 0 spiro atoms. The molecule has 2 heterocycles. The first-order valence-corrected chi connectivity index (χ1v) is 10.5. The van der Waals surface area contributed by atoms with E-state index < -0.39 is 28.6 Å². The fourth-order valence-electron chi connectivity index (χ4n) is 2.73. The minimum Gasteiger partial charge on any atom is -0.453 e. The molecule has 142 valence electrons. The number of fused-ring (bicyclic) bond motifs is 1. The van der Waals surface area contributed by atoms with Gasteiger partial charge < -0.3 is 9.72 Å². The number of carbonyl (C=O) groups is 2. The maximum atomic E-state index is 12.7. The van der Waals surface area contributed by atoms with Gasteiger partial charge in [0.15, 0.2) is 6.10 Å². The smallest absolute Gasteiger partial charge is 0.321 e. The number of sulfonamides is 1. The van der Waals surface area contributed by atoms with Crippen LogP contribution in [0.1, 0.15) is 23.0 Å². The summed E-state index contributed by atoms with van der Waals surface area (Å²) in [6.45, 7) is 2.69. The van der Waals surface area contributed by atoms with Crippen LogP contribution in [0.25, 0.3) is 10.9 Å². The molecule has 2 N–H and O–H groups in total. The Morgan fingerprint density at radius 1 is 1.22 bits per heavy atom. The standard InChI is InChI=1S/C18H18N2O5S2/c1-11-17(13-6-3-4-7-14(13)20-11)18(22)12(2)25-15(21)10-19-27(23,24)16-8-5-9-26-16/h3-9,12,19-20H,10H2,1-2H3. The minimum atomic E-state index is -3.77. The summed E-state index contributed by atoms with van der Waals surface area (Å²) in [5.74, 6) is -1.17. The number of carbonyl (C=O) groups excluding carboxylic acids is 2. The SMILES string of the molecule is Cc1[nH]c2ccccc2c1C(=O)C(C)OC(=O)CNS(=O)(=O)c1cccs1. The number of thiophene rings is 1. The van der Waals surface area contributed by atoms with Crippen LogP contribution < -0.4 is 4.72 Å². The van der Waals surface area contributed by atoms with Crippen LogP contribution in [0.15, 0.2) is 46.0 Å². The summed E-state index contributed by atoms with van der Waals surface area (Å²) < 4.78 is 31.4. The predicted molar refractivity (Wildman–Crippen MR) is 102 cm³/mol. The van der Waals surface area contributed by atoms with Gasteiger partial charge in [0.05, 0.1) is 0 Å². The third kappa shape index (κ3) is 4.10. The number of rotatable bonds is 7. The van der Waals surface area contributed by atoms with Crippen molar-refractivity contribution in [2.75, 3.05) is 6.54 Å². The normalized spacial score (nSPS) is 12.8. The molecule has 2 aromatic heterocycles. The van der Waals surface area contributed by atoms with E-state index in [1.54, 1.807) is 18.4 Å². The molecular weight excluding hydrogens is 388 g/mol. The van der Waals surface area contributed by atoms with E-state index in [4.69, 9.17) is 4.74 Å². The van der Waals surface area contributed by atoms with E-state index in [1.165, 1.54) is 13.0 Å². The molecule has 0 aliphatic heterocycles. The van der Waals surface area contributed by atoms with Gasteiger partial charge in [-0.05, 0) is 31.4 Å². The van der Waals surface area contributed by atoms with Gasteiger partial charge >= 0.3 is 5.97 Å². The van der Waals surface area contributed by atoms with Gasteiger partial charge in [0.2, 0.25) is 5.78 Å². The number of ketones is 1. The zero-order valence-electron chi connectivity index (χ0n) is 14.7. The van der Waals surface area contributed by atoms with Crippen molar-refractivity contribution >= 4 is 44.0 Å². The molecule has 0 aliphatic carbocycles. The third-order valence-electron chi connectivity index (χ3n) is 3.98. The van der Waals surface area contributed by atoms with Gasteiger partial charge in [-0.3, -0.25) is 9.59 Å². The summed E-state index contributed by atoms with van der Waals surface area (Å²) >= 11 is 1.04. The molecule has 3 rings (SSSR count). The van der Waals surface area contributed by atoms with Crippen molar-refractivity contribution in [1.29, 1.82) is 0 Å². The summed E-state index contributed by atoms with van der Waals surface area (Å²) in [5, 5.41) is 2.37. The number of ether oxygens (including phenoxy) is 1. The van der Waals surface area contributed by atoms with Crippen LogP contribution in [-0.4, -0.2) is 37.8 Å². The number of hydrogen-bond acceptors (Lipinski definition) is 6. The van der Waals surface area contributed by atoms with Gasteiger partial charge in [0, 0.05) is 22.2 Å². The molecule has 0 fully saturated rings. The number of aryl methyl sites for hydroxylation is 1. The molecule has 0 radical (unpaired) electrons. The van der Waals surface area contributed by atoms with Crippen LogP contribution in [0.4, 0.5) is 0 Å². The van der Waals surface area contributed by atoms with E-state index in [2.05, 4.69) is 9.71 Å². The van der Waals surface area contributed by atoms with E-state index in [0.717, 1.165) is 22.2 Å². The summed E-state index contributed by atoms with van der Waals surface area (Å²) in [5.41, 5.74) is 1.97. The van der Waals surface area contributed by atoms with E-state index in [1.807, 2.05) is 24.3 Å². The van der Waals surface area contributed by atoms with Crippen molar-refractivity contribution in [3.8, 4) is 0 Å². The quantitative estimate of drug-likeness (QED) is 0.463. The number of esters is 1. The first-order chi connectivity index (χ1) is 12.8. The van der Waals surface area contributed by atoms with Gasteiger partial charge in [-0.1, -0.05) is 24.3 Å². The minimum absolute atomic E-state index is 0.105. The molecule has 0 bridgehead atoms. The predicted octanol–water partition coefficient (Wildman–Crippen LogP) is 2.63. The summed E-state index contributed by atoms with van der Waals surface area (Å²) in [6, 6.07) is 10.4. The average Bonchev–Trinajstić information content (AvgIpc) is 3.27. The lowest BCUT2D eigenvalue weighted by Crippen LogP contribution is -2.33. The van der Waals surface area contributed by atoms with Crippen LogP contribution in [0.2, 0.25) is 0 Å². The van der Waals surface area contributed by atoms with Crippen molar-refractivity contribution in [3.05, 3.63) is 53.0 Å². The van der Waals surface area contributed by atoms with Gasteiger partial charge in [0.1, 0.15) is 10.8 Å². The Labute approximate surface area is 160 Å². The number of H-pyrrole nitrogens is 1. The largest absolute Gasteiger partial charge is 0.453 e. The van der Waals surface area contributed by atoms with Gasteiger partial charge in [0.25, 0.3) is 10.0 Å². The molecule has 0 amide bonds. The lowest BCUT2D eigenvalue weighted by molar-refractivity contribution is -0.144. The summed E-state index contributed by atoms with van der Waals surface area (Å²) in [4.78, 5) is 27.8. The van der Waals surface area contributed by atoms with Gasteiger partial charge in [-0.25, -0.2) is 8.42 Å². The molecule has 9 heteroatoms. The fourth-order valence-corrected chi connectivity index (χ4v) is 4.74. The molecular formula is C18H18N2O5S2. The molecule has 1 aromatic carbocycles. The number of nitrogens with one attached hydrogen (secondary N) is 2. The second kappa shape index (κ2) is 7.63. The Balaban J connectivity index is 1.66. The molecule has 0 saturated carbocycles. The molecule has 27 heavy (non-hydrogen) atoms. The summed E-state index contributed by atoms with van der Waals surface area (Å²) in [7, 11) is -3.77. The lowest BCUT2D eigenvalue weighted by Gasteiger charge is -2.13. The highest BCUT2D eigenvalue weighted by Crippen LogP contribution is 2.23. The van der Waals surface area contributed by atoms with Crippen LogP contribution in [0.5, 0.6) is 0 Å². The van der Waals surface area contributed by atoms with Crippen LogP contribution in [0, 0.1) is 6.92 Å². The lowest BCUT2D eigenvalue weighted by atomic mass is 10.0. The van der Waals surface area contributed by atoms with Crippen molar-refractivity contribution in [3.63, 3.8) is 0 Å². The first-order valence-electron chi connectivity index (χ1n) is 8.14. The van der Waals surface area contributed by atoms with Crippen LogP contribution in [0.3, 0.4) is 0 Å². The van der Waals surface area contributed by atoms with Crippen LogP contribution in [-0.2, 0) is 19.6 Å². The Morgan fingerprint density at radius 2 is 1.96 bits per heavy atom. The first kappa shape index (κ1) is 19.3. The highest BCUT2D eigenvalue weighted by atomic mass is 32.2. The van der Waals surface area contributed by atoms with Crippen molar-refractivity contribution in [1.82, 2.24) is 9.71 Å². The Bertz CT molecular complexity index is 1080. The second-order valence-electron chi connectivity index (χ2n) is 5.92. The average molecular weight is 406 g/mol. The van der Waals surface area contributed by atoms with Crippen molar-refractivity contribution < 1.29 is 22.7 Å². The molecule has 1 unspecified atom stereocenters. The third-order valence-corrected chi connectivity index (χ3v) is 6.78. The number of Topliss-reactive ketones (excluding diaryl/α,β-unsaturated/α-hetero) is 1. The summed E-state index contributed by atoms with van der Waals surface area (Å²) in [6.07, 6.45) is -1.04. The van der Waals surface area contributed by atoms with E-state index in [-0.39, 0.29) is 9.99 Å². The van der Waals surface area contributed by atoms with Crippen molar-refractivity contribution in [2.45, 2.75) is 24.2 Å². The molecule has 0 aliphatic rings. The molecule has 7 nitrogen and oxygen atoms in total.